The topological polar surface area (TPSA) is 55.4 Å². The van der Waals surface area contributed by atoms with E-state index < -0.39 is 24.3 Å². The van der Waals surface area contributed by atoms with Crippen LogP contribution >= 0.6 is 0 Å². The number of hydrogen-bond donors (Lipinski definition) is 1. The molecule has 0 aromatic heterocycles. The monoisotopic (exact) mass is 301 g/mol. The van der Waals surface area contributed by atoms with Crippen molar-refractivity contribution >= 4 is 17.6 Å². The lowest BCUT2D eigenvalue weighted by molar-refractivity contribution is -0.119. The third-order valence-electron chi connectivity index (χ3n) is 3.19. The van der Waals surface area contributed by atoms with E-state index in [1.807, 2.05) is 19.9 Å². The molecular formula is C17H16FNO3. The van der Waals surface area contributed by atoms with Gasteiger partial charge in [0.25, 0.3) is 5.91 Å². The second-order valence-electron chi connectivity index (χ2n) is 4.93. The average molecular weight is 301 g/mol. The normalized spacial score (nSPS) is 10.1. The van der Waals surface area contributed by atoms with Crippen molar-refractivity contribution < 1.29 is 18.7 Å². The van der Waals surface area contributed by atoms with Crippen LogP contribution in [0.1, 0.15) is 21.5 Å². The van der Waals surface area contributed by atoms with Gasteiger partial charge in [0.1, 0.15) is 5.82 Å². The van der Waals surface area contributed by atoms with Crippen LogP contribution in [0.25, 0.3) is 0 Å². The van der Waals surface area contributed by atoms with Crippen molar-refractivity contribution in [1.82, 2.24) is 0 Å². The number of ether oxygens (including phenoxy) is 1. The van der Waals surface area contributed by atoms with Gasteiger partial charge in [-0.3, -0.25) is 4.79 Å². The smallest absolute Gasteiger partial charge is 0.338 e. The van der Waals surface area contributed by atoms with Gasteiger partial charge >= 0.3 is 5.97 Å². The van der Waals surface area contributed by atoms with Crippen molar-refractivity contribution in [2.45, 2.75) is 13.8 Å². The van der Waals surface area contributed by atoms with Crippen molar-refractivity contribution in [3.63, 3.8) is 0 Å². The fourth-order valence-electron chi connectivity index (χ4n) is 1.85. The maximum Gasteiger partial charge on any atom is 0.338 e. The number of hydrogen-bond acceptors (Lipinski definition) is 3. The molecule has 22 heavy (non-hydrogen) atoms. The predicted octanol–water partition coefficient (Wildman–Crippen LogP) is 3.24. The van der Waals surface area contributed by atoms with Crippen molar-refractivity contribution in [2.75, 3.05) is 11.9 Å². The molecule has 1 N–H and O–H groups in total. The minimum absolute atomic E-state index is 0.312. The van der Waals surface area contributed by atoms with Gasteiger partial charge in [-0.15, -0.1) is 0 Å². The first-order valence-electron chi connectivity index (χ1n) is 6.75. The summed E-state index contributed by atoms with van der Waals surface area (Å²) in [7, 11) is 0. The third-order valence-corrected chi connectivity index (χ3v) is 3.19. The lowest BCUT2D eigenvalue weighted by Gasteiger charge is -2.08. The molecule has 2 rings (SSSR count). The van der Waals surface area contributed by atoms with E-state index >= 15 is 0 Å². The first kappa shape index (κ1) is 15.7. The summed E-state index contributed by atoms with van der Waals surface area (Å²) in [5, 5.41) is 2.45. The van der Waals surface area contributed by atoms with Crippen LogP contribution in [0.4, 0.5) is 10.1 Å². The Kier molecular flexibility index (Phi) is 4.88. The summed E-state index contributed by atoms with van der Waals surface area (Å²) in [5.74, 6) is -1.55. The van der Waals surface area contributed by atoms with E-state index in [-0.39, 0.29) is 0 Å². The van der Waals surface area contributed by atoms with E-state index in [1.165, 1.54) is 18.2 Å². The second kappa shape index (κ2) is 6.85. The molecule has 4 nitrogen and oxygen atoms in total. The van der Waals surface area contributed by atoms with Crippen LogP contribution in [-0.2, 0) is 9.53 Å². The summed E-state index contributed by atoms with van der Waals surface area (Å²) in [6.45, 7) is 3.40. The minimum Gasteiger partial charge on any atom is -0.452 e. The Bertz CT molecular complexity index is 713. The van der Waals surface area contributed by atoms with Gasteiger partial charge in [0.15, 0.2) is 6.61 Å². The Morgan fingerprint density at radius 1 is 1.09 bits per heavy atom. The Balaban J connectivity index is 1.90. The van der Waals surface area contributed by atoms with Gasteiger partial charge in [0.2, 0.25) is 0 Å². The molecule has 0 saturated carbocycles. The van der Waals surface area contributed by atoms with E-state index in [0.717, 1.165) is 11.1 Å². The molecule has 0 aliphatic rings. The lowest BCUT2D eigenvalue weighted by Crippen LogP contribution is -2.21. The number of halogens is 1. The largest absolute Gasteiger partial charge is 0.452 e. The first-order valence-corrected chi connectivity index (χ1v) is 6.75. The molecule has 0 spiro atoms. The van der Waals surface area contributed by atoms with Gasteiger partial charge in [-0.2, -0.15) is 0 Å². The zero-order valence-corrected chi connectivity index (χ0v) is 12.4. The van der Waals surface area contributed by atoms with Crippen LogP contribution in [0.2, 0.25) is 0 Å². The van der Waals surface area contributed by atoms with Crippen molar-refractivity contribution in [1.29, 1.82) is 0 Å². The number of esters is 1. The van der Waals surface area contributed by atoms with Gasteiger partial charge in [-0.05, 0) is 55.3 Å². The number of aryl methyl sites for hydroxylation is 2. The molecule has 5 heteroatoms. The van der Waals surface area contributed by atoms with Crippen LogP contribution in [0.5, 0.6) is 0 Å². The molecule has 1 amide bonds. The number of rotatable bonds is 4. The van der Waals surface area contributed by atoms with Crippen LogP contribution in [0.3, 0.4) is 0 Å². The zero-order valence-electron chi connectivity index (χ0n) is 12.4. The van der Waals surface area contributed by atoms with Gasteiger partial charge in [-0.1, -0.05) is 12.1 Å². The van der Waals surface area contributed by atoms with Gasteiger partial charge < -0.3 is 10.1 Å². The van der Waals surface area contributed by atoms with Crippen molar-refractivity contribution in [3.8, 4) is 0 Å². The highest BCUT2D eigenvalue weighted by atomic mass is 19.1. The van der Waals surface area contributed by atoms with E-state index in [4.69, 9.17) is 4.74 Å². The number of nitrogens with one attached hydrogen (secondary N) is 1. The molecule has 2 aromatic rings. The number of anilines is 1. The molecule has 0 saturated heterocycles. The molecular weight excluding hydrogens is 285 g/mol. The summed E-state index contributed by atoms with van der Waals surface area (Å²) in [6.07, 6.45) is 0. The fraction of sp³-hybridized carbons (Fsp3) is 0.176. The third kappa shape index (κ3) is 4.15. The van der Waals surface area contributed by atoms with Crippen LogP contribution in [0, 0.1) is 19.7 Å². The molecule has 0 unspecified atom stereocenters. The minimum atomic E-state index is -0.572. The van der Waals surface area contributed by atoms with E-state index in [9.17, 15) is 14.0 Å². The van der Waals surface area contributed by atoms with Gasteiger partial charge in [-0.25, -0.2) is 9.18 Å². The molecule has 0 heterocycles. The molecule has 2 aromatic carbocycles. The van der Waals surface area contributed by atoms with Crippen molar-refractivity contribution in [3.05, 3.63) is 65.0 Å². The highest BCUT2D eigenvalue weighted by molar-refractivity contribution is 5.95. The Morgan fingerprint density at radius 3 is 2.55 bits per heavy atom. The number of benzene rings is 2. The molecule has 0 aliphatic heterocycles. The number of amides is 1. The Labute approximate surface area is 127 Å². The maximum atomic E-state index is 13.0. The quantitative estimate of drug-likeness (QED) is 0.882. The molecule has 0 fully saturated rings. The highest BCUT2D eigenvalue weighted by Gasteiger charge is 2.11. The van der Waals surface area contributed by atoms with Crippen LogP contribution in [0.15, 0.2) is 42.5 Å². The fourth-order valence-corrected chi connectivity index (χ4v) is 1.85. The Hall–Kier alpha value is -2.69. The van der Waals surface area contributed by atoms with Crippen LogP contribution in [-0.4, -0.2) is 18.5 Å². The maximum absolute atomic E-state index is 13.0. The number of carbonyl (C=O) groups is 2. The van der Waals surface area contributed by atoms with E-state index in [1.54, 1.807) is 18.2 Å². The highest BCUT2D eigenvalue weighted by Crippen LogP contribution is 2.11. The summed E-state index contributed by atoms with van der Waals surface area (Å²) in [6, 6.07) is 10.7. The average Bonchev–Trinajstić information content (AvgIpc) is 2.47. The van der Waals surface area contributed by atoms with E-state index in [2.05, 4.69) is 5.32 Å². The Morgan fingerprint density at radius 2 is 1.86 bits per heavy atom. The van der Waals surface area contributed by atoms with Gasteiger partial charge in [0, 0.05) is 5.69 Å². The standard InChI is InChI=1S/C17H16FNO3/c1-11-6-7-13(8-12(11)2)17(21)22-10-16(20)19-15-5-3-4-14(18)9-15/h3-9H,10H2,1-2H3,(H,19,20). The van der Waals surface area contributed by atoms with Crippen molar-refractivity contribution in [2.24, 2.45) is 0 Å². The second-order valence-corrected chi connectivity index (χ2v) is 4.93. The van der Waals surface area contributed by atoms with Crippen LogP contribution < -0.4 is 5.32 Å². The first-order chi connectivity index (χ1) is 10.5. The molecule has 114 valence electrons. The molecule has 0 radical (unpaired) electrons. The summed E-state index contributed by atoms with van der Waals surface area (Å²) in [4.78, 5) is 23.5. The summed E-state index contributed by atoms with van der Waals surface area (Å²) in [5.41, 5.74) is 2.74. The molecule has 0 atom stereocenters. The molecule has 0 aliphatic carbocycles. The van der Waals surface area contributed by atoms with Gasteiger partial charge in [0.05, 0.1) is 5.56 Å². The predicted molar refractivity (Wildman–Crippen MR) is 81.2 cm³/mol. The zero-order chi connectivity index (χ0) is 16.1. The summed E-state index contributed by atoms with van der Waals surface area (Å²) < 4.78 is 17.9. The molecule has 0 bridgehead atoms. The van der Waals surface area contributed by atoms with E-state index in [0.29, 0.717) is 11.3 Å². The number of carbonyl (C=O) groups excluding carboxylic acids is 2. The lowest BCUT2D eigenvalue weighted by atomic mass is 10.1. The SMILES string of the molecule is Cc1ccc(C(=O)OCC(=O)Nc2cccc(F)c2)cc1C. The summed E-state index contributed by atoms with van der Waals surface area (Å²) >= 11 is 0.